The van der Waals surface area contributed by atoms with Gasteiger partial charge in [-0.1, -0.05) is 12.8 Å². The Morgan fingerprint density at radius 2 is 2.31 bits per heavy atom. The summed E-state index contributed by atoms with van der Waals surface area (Å²) in [5.74, 6) is 2.21. The molecule has 1 heterocycles. The molecule has 5 nitrogen and oxygen atoms in total. The molecule has 5 heteroatoms. The van der Waals surface area contributed by atoms with Crippen LogP contribution in [0.2, 0.25) is 0 Å². The zero-order valence-electron chi connectivity index (χ0n) is 9.58. The minimum atomic E-state index is -0.228. The molecule has 0 aliphatic carbocycles. The van der Waals surface area contributed by atoms with Gasteiger partial charge in [-0.2, -0.15) is 5.10 Å². The zero-order valence-corrected chi connectivity index (χ0v) is 9.58. The van der Waals surface area contributed by atoms with Crippen molar-refractivity contribution in [3.05, 3.63) is 11.4 Å². The number of aromatic nitrogens is 2. The molecule has 0 saturated carbocycles. The maximum Gasteiger partial charge on any atom is 0.277 e. The smallest absolute Gasteiger partial charge is 0.277 e. The third-order valence-corrected chi connectivity index (χ3v) is 2.39. The molecule has 3 N–H and O–H groups in total. The molecule has 0 saturated heterocycles. The first-order valence-corrected chi connectivity index (χ1v) is 5.21. The van der Waals surface area contributed by atoms with Crippen LogP contribution >= 0.6 is 0 Å². The van der Waals surface area contributed by atoms with E-state index < -0.39 is 0 Å². The maximum atomic E-state index is 12.0. The molecule has 1 aromatic rings. The predicted octanol–water partition coefficient (Wildman–Crippen LogP) is 0.650. The number of carbonyl (C=O) groups excluding carboxylic acids is 1. The van der Waals surface area contributed by atoms with Crippen molar-refractivity contribution in [3.63, 3.8) is 0 Å². The number of nitrogens with one attached hydrogen (secondary N) is 1. The van der Waals surface area contributed by atoms with Crippen LogP contribution in [-0.4, -0.2) is 34.1 Å². The van der Waals surface area contributed by atoms with Crippen LogP contribution in [0, 0.1) is 12.3 Å². The second-order valence-electron chi connectivity index (χ2n) is 3.34. The van der Waals surface area contributed by atoms with Gasteiger partial charge in [-0.05, 0) is 13.3 Å². The van der Waals surface area contributed by atoms with E-state index in [9.17, 15) is 4.79 Å². The summed E-state index contributed by atoms with van der Waals surface area (Å²) in [7, 11) is 0. The molecule has 0 bridgehead atoms. The SMILES string of the molecule is C#CCN(CC)C(=O)c1n[nH]c(CC)c1N. The van der Waals surface area contributed by atoms with Crippen molar-refractivity contribution >= 4 is 11.6 Å². The van der Waals surface area contributed by atoms with E-state index in [1.807, 2.05) is 13.8 Å². The summed E-state index contributed by atoms with van der Waals surface area (Å²) in [4.78, 5) is 13.5. The molecule has 0 aliphatic heterocycles. The molecular weight excluding hydrogens is 204 g/mol. The number of anilines is 1. The van der Waals surface area contributed by atoms with E-state index in [-0.39, 0.29) is 18.1 Å². The van der Waals surface area contributed by atoms with Crippen LogP contribution < -0.4 is 5.73 Å². The van der Waals surface area contributed by atoms with E-state index >= 15 is 0 Å². The number of H-pyrrole nitrogens is 1. The van der Waals surface area contributed by atoms with Gasteiger partial charge in [-0.3, -0.25) is 9.89 Å². The average molecular weight is 220 g/mol. The van der Waals surface area contributed by atoms with E-state index in [0.29, 0.717) is 18.7 Å². The second-order valence-corrected chi connectivity index (χ2v) is 3.34. The fourth-order valence-electron chi connectivity index (χ4n) is 1.41. The minimum absolute atomic E-state index is 0.228. The Morgan fingerprint density at radius 3 is 2.75 bits per heavy atom. The number of amides is 1. The van der Waals surface area contributed by atoms with Gasteiger partial charge in [0.05, 0.1) is 17.9 Å². The quantitative estimate of drug-likeness (QED) is 0.731. The third-order valence-electron chi connectivity index (χ3n) is 2.39. The number of nitrogen functional groups attached to an aromatic ring is 1. The average Bonchev–Trinajstić information content (AvgIpc) is 2.66. The molecule has 0 fully saturated rings. The Kier molecular flexibility index (Phi) is 3.95. The van der Waals surface area contributed by atoms with Gasteiger partial charge in [0.25, 0.3) is 5.91 Å². The van der Waals surface area contributed by atoms with Crippen molar-refractivity contribution in [2.75, 3.05) is 18.8 Å². The zero-order chi connectivity index (χ0) is 12.1. The Hall–Kier alpha value is -1.96. The summed E-state index contributed by atoms with van der Waals surface area (Å²) >= 11 is 0. The number of hydrogen-bond acceptors (Lipinski definition) is 3. The van der Waals surface area contributed by atoms with Crippen molar-refractivity contribution in [3.8, 4) is 12.3 Å². The summed E-state index contributed by atoms with van der Waals surface area (Å²) in [5, 5.41) is 6.68. The van der Waals surface area contributed by atoms with Crippen LogP contribution in [-0.2, 0) is 6.42 Å². The molecule has 16 heavy (non-hydrogen) atoms. The monoisotopic (exact) mass is 220 g/mol. The fourth-order valence-corrected chi connectivity index (χ4v) is 1.41. The van der Waals surface area contributed by atoms with E-state index in [1.165, 1.54) is 4.90 Å². The Labute approximate surface area is 95.0 Å². The number of terminal acetylenes is 1. The highest BCUT2D eigenvalue weighted by Gasteiger charge is 2.20. The van der Waals surface area contributed by atoms with Gasteiger partial charge >= 0.3 is 0 Å². The first-order chi connectivity index (χ1) is 7.65. The van der Waals surface area contributed by atoms with Crippen molar-refractivity contribution in [1.82, 2.24) is 15.1 Å². The van der Waals surface area contributed by atoms with Gasteiger partial charge in [0, 0.05) is 6.54 Å². The van der Waals surface area contributed by atoms with Crippen LogP contribution in [0.15, 0.2) is 0 Å². The molecule has 86 valence electrons. The summed E-state index contributed by atoms with van der Waals surface area (Å²) in [6.07, 6.45) is 5.90. The molecule has 1 aromatic heterocycles. The van der Waals surface area contributed by atoms with Crippen LogP contribution in [0.1, 0.15) is 30.0 Å². The van der Waals surface area contributed by atoms with E-state index in [0.717, 1.165) is 5.69 Å². The second kappa shape index (κ2) is 5.21. The van der Waals surface area contributed by atoms with Gasteiger partial charge in [0.2, 0.25) is 0 Å². The fraction of sp³-hybridized carbons (Fsp3) is 0.455. The third kappa shape index (κ3) is 2.16. The van der Waals surface area contributed by atoms with Crippen LogP contribution in [0.4, 0.5) is 5.69 Å². The lowest BCUT2D eigenvalue weighted by molar-refractivity contribution is 0.0780. The van der Waals surface area contributed by atoms with E-state index in [2.05, 4.69) is 16.1 Å². The van der Waals surface area contributed by atoms with Gasteiger partial charge in [-0.15, -0.1) is 6.42 Å². The summed E-state index contributed by atoms with van der Waals surface area (Å²) in [5.41, 5.74) is 7.27. The number of nitrogens with two attached hydrogens (primary N) is 1. The molecule has 0 aliphatic rings. The number of carbonyl (C=O) groups is 1. The molecule has 0 radical (unpaired) electrons. The number of hydrogen-bond donors (Lipinski definition) is 2. The molecule has 0 unspecified atom stereocenters. The van der Waals surface area contributed by atoms with Crippen molar-refractivity contribution < 1.29 is 4.79 Å². The number of rotatable bonds is 4. The van der Waals surface area contributed by atoms with Crippen LogP contribution in [0.3, 0.4) is 0 Å². The first-order valence-electron chi connectivity index (χ1n) is 5.21. The van der Waals surface area contributed by atoms with Gasteiger partial charge < -0.3 is 10.6 Å². The lowest BCUT2D eigenvalue weighted by atomic mass is 10.2. The van der Waals surface area contributed by atoms with Crippen molar-refractivity contribution in [2.24, 2.45) is 0 Å². The summed E-state index contributed by atoms with van der Waals surface area (Å²) in [6.45, 7) is 4.61. The Balaban J connectivity index is 2.95. The lowest BCUT2D eigenvalue weighted by Gasteiger charge is -2.16. The Morgan fingerprint density at radius 1 is 1.62 bits per heavy atom. The highest BCUT2D eigenvalue weighted by Crippen LogP contribution is 2.16. The molecule has 0 aromatic carbocycles. The topological polar surface area (TPSA) is 75.0 Å². The van der Waals surface area contributed by atoms with E-state index in [1.54, 1.807) is 0 Å². The number of aromatic amines is 1. The van der Waals surface area contributed by atoms with Gasteiger partial charge in [0.15, 0.2) is 5.69 Å². The highest BCUT2D eigenvalue weighted by molar-refractivity contribution is 5.97. The molecule has 0 spiro atoms. The van der Waals surface area contributed by atoms with Gasteiger partial charge in [-0.25, -0.2) is 0 Å². The molecule has 0 atom stereocenters. The maximum absolute atomic E-state index is 12.0. The Bertz CT molecular complexity index is 416. The van der Waals surface area contributed by atoms with E-state index in [4.69, 9.17) is 12.2 Å². The molecule has 1 rings (SSSR count). The lowest BCUT2D eigenvalue weighted by Crippen LogP contribution is -2.31. The highest BCUT2D eigenvalue weighted by atomic mass is 16.2. The molecular formula is C11H16N4O. The van der Waals surface area contributed by atoms with Crippen LogP contribution in [0.5, 0.6) is 0 Å². The summed E-state index contributed by atoms with van der Waals surface area (Å²) < 4.78 is 0. The normalized spacial score (nSPS) is 9.81. The number of aryl methyl sites for hydroxylation is 1. The number of nitrogens with zero attached hydrogens (tertiary/aromatic N) is 2. The minimum Gasteiger partial charge on any atom is -0.395 e. The first kappa shape index (κ1) is 12.1. The van der Waals surface area contributed by atoms with Crippen LogP contribution in [0.25, 0.3) is 0 Å². The largest absolute Gasteiger partial charge is 0.395 e. The van der Waals surface area contributed by atoms with Gasteiger partial charge in [0.1, 0.15) is 0 Å². The standard InChI is InChI=1S/C11H16N4O/c1-4-7-15(6-3)11(16)10-9(12)8(5-2)13-14-10/h1H,5-7,12H2,2-3H3,(H,13,14). The summed E-state index contributed by atoms with van der Waals surface area (Å²) in [6, 6.07) is 0. The molecule has 1 amide bonds. The van der Waals surface area contributed by atoms with Crippen molar-refractivity contribution in [2.45, 2.75) is 20.3 Å². The van der Waals surface area contributed by atoms with Crippen molar-refractivity contribution in [1.29, 1.82) is 0 Å². The predicted molar refractivity (Wildman–Crippen MR) is 62.8 cm³/mol.